The van der Waals surface area contributed by atoms with Crippen molar-refractivity contribution in [1.82, 2.24) is 5.43 Å². The fourth-order valence-corrected chi connectivity index (χ4v) is 1.26. The summed E-state index contributed by atoms with van der Waals surface area (Å²) in [6.45, 7) is 3.62. The predicted octanol–water partition coefficient (Wildman–Crippen LogP) is 1.98. The zero-order valence-corrected chi connectivity index (χ0v) is 9.32. The van der Waals surface area contributed by atoms with E-state index in [1.807, 2.05) is 13.8 Å². The Balaban J connectivity index is 4.04. The molecule has 1 atom stereocenters. The first kappa shape index (κ1) is 14.7. The third kappa shape index (κ3) is 7.58. The second-order valence-corrected chi connectivity index (χ2v) is 4.19. The Labute approximate surface area is 88.1 Å². The summed E-state index contributed by atoms with van der Waals surface area (Å²) in [5.74, 6) is 5.19. The normalized spacial score (nSPS) is 15.4. The molecule has 1 unspecified atom stereocenters. The van der Waals surface area contributed by atoms with Crippen LogP contribution in [0.15, 0.2) is 0 Å². The molecule has 92 valence electrons. The Morgan fingerprint density at radius 3 is 2.20 bits per heavy atom. The van der Waals surface area contributed by atoms with E-state index in [1.165, 1.54) is 7.11 Å². The van der Waals surface area contributed by atoms with Crippen LogP contribution in [0.1, 0.15) is 33.1 Å². The van der Waals surface area contributed by atoms with Crippen molar-refractivity contribution < 1.29 is 17.9 Å². The first-order valence-electron chi connectivity index (χ1n) is 4.78. The summed E-state index contributed by atoms with van der Waals surface area (Å²) in [5.41, 5.74) is 1.92. The fourth-order valence-electron chi connectivity index (χ4n) is 1.26. The Kier molecular flexibility index (Phi) is 5.55. The topological polar surface area (TPSA) is 47.3 Å². The van der Waals surface area contributed by atoms with Crippen molar-refractivity contribution in [1.29, 1.82) is 0 Å². The van der Waals surface area contributed by atoms with Gasteiger partial charge in [0, 0.05) is 19.6 Å². The van der Waals surface area contributed by atoms with E-state index < -0.39 is 18.2 Å². The highest BCUT2D eigenvalue weighted by atomic mass is 19.4. The number of hydrazine groups is 1. The van der Waals surface area contributed by atoms with Crippen molar-refractivity contribution in [3.63, 3.8) is 0 Å². The van der Waals surface area contributed by atoms with Gasteiger partial charge in [0.2, 0.25) is 0 Å². The molecule has 6 heteroatoms. The smallest absolute Gasteiger partial charge is 0.379 e. The molecule has 0 aromatic carbocycles. The van der Waals surface area contributed by atoms with Crippen LogP contribution >= 0.6 is 0 Å². The van der Waals surface area contributed by atoms with E-state index in [-0.39, 0.29) is 12.5 Å². The molecule has 0 radical (unpaired) electrons. The van der Waals surface area contributed by atoms with Crippen molar-refractivity contribution in [2.24, 2.45) is 5.84 Å². The van der Waals surface area contributed by atoms with Gasteiger partial charge in [-0.05, 0) is 26.7 Å². The molecule has 0 amide bonds. The average Bonchev–Trinajstić information content (AvgIpc) is 2.11. The Bertz CT molecular complexity index is 183. The van der Waals surface area contributed by atoms with Gasteiger partial charge in [-0.2, -0.15) is 13.2 Å². The summed E-state index contributed by atoms with van der Waals surface area (Å²) >= 11 is 0. The van der Waals surface area contributed by atoms with Crippen molar-refractivity contribution in [2.75, 3.05) is 7.11 Å². The largest absolute Gasteiger partial charge is 0.389 e. The summed E-state index contributed by atoms with van der Waals surface area (Å²) in [4.78, 5) is 0. The molecule has 0 aliphatic rings. The molecular formula is C9H19F3N2O. The number of nitrogens with two attached hydrogens (primary N) is 1. The summed E-state index contributed by atoms with van der Waals surface area (Å²) in [6, 6.07) is -0.387. The Morgan fingerprint density at radius 2 is 1.87 bits per heavy atom. The van der Waals surface area contributed by atoms with Gasteiger partial charge >= 0.3 is 6.18 Å². The SMILES string of the molecule is COC(C)(C)CC(CCC(F)(F)F)NN. The monoisotopic (exact) mass is 228 g/mol. The summed E-state index contributed by atoms with van der Waals surface area (Å²) in [7, 11) is 1.53. The zero-order valence-electron chi connectivity index (χ0n) is 9.32. The van der Waals surface area contributed by atoms with Gasteiger partial charge in [-0.15, -0.1) is 0 Å². The van der Waals surface area contributed by atoms with Crippen LogP contribution in [-0.4, -0.2) is 24.9 Å². The number of rotatable bonds is 6. The van der Waals surface area contributed by atoms with Crippen LogP contribution in [0.2, 0.25) is 0 Å². The van der Waals surface area contributed by atoms with Gasteiger partial charge in [0.1, 0.15) is 0 Å². The molecule has 0 bridgehead atoms. The minimum atomic E-state index is -4.13. The minimum absolute atomic E-state index is 0.0349. The van der Waals surface area contributed by atoms with Crippen LogP contribution in [0.4, 0.5) is 13.2 Å². The lowest BCUT2D eigenvalue weighted by Gasteiger charge is -2.28. The number of halogens is 3. The molecule has 0 fully saturated rings. The van der Waals surface area contributed by atoms with Crippen molar-refractivity contribution in [2.45, 2.75) is 50.9 Å². The maximum absolute atomic E-state index is 12.0. The average molecular weight is 228 g/mol. The number of ether oxygens (including phenoxy) is 1. The first-order chi connectivity index (χ1) is 6.70. The van der Waals surface area contributed by atoms with Crippen molar-refractivity contribution in [3.05, 3.63) is 0 Å². The second kappa shape index (κ2) is 5.67. The van der Waals surface area contributed by atoms with Gasteiger partial charge in [0.05, 0.1) is 5.60 Å². The van der Waals surface area contributed by atoms with Gasteiger partial charge in [0.15, 0.2) is 0 Å². The third-order valence-electron chi connectivity index (χ3n) is 2.30. The molecule has 0 saturated heterocycles. The molecule has 0 saturated carbocycles. The van der Waals surface area contributed by atoms with Gasteiger partial charge in [0.25, 0.3) is 0 Å². The van der Waals surface area contributed by atoms with E-state index in [9.17, 15) is 13.2 Å². The first-order valence-corrected chi connectivity index (χ1v) is 4.78. The summed E-state index contributed by atoms with van der Waals surface area (Å²) in [5, 5.41) is 0. The number of nitrogens with one attached hydrogen (secondary N) is 1. The maximum atomic E-state index is 12.0. The lowest BCUT2D eigenvalue weighted by molar-refractivity contribution is -0.137. The minimum Gasteiger partial charge on any atom is -0.379 e. The zero-order chi connectivity index (χ0) is 12.1. The Morgan fingerprint density at radius 1 is 1.33 bits per heavy atom. The van der Waals surface area contributed by atoms with Gasteiger partial charge in [-0.25, -0.2) is 0 Å². The second-order valence-electron chi connectivity index (χ2n) is 4.19. The highest BCUT2D eigenvalue weighted by Gasteiger charge is 2.30. The van der Waals surface area contributed by atoms with Gasteiger partial charge < -0.3 is 4.74 Å². The molecule has 0 aromatic rings. The van der Waals surface area contributed by atoms with Gasteiger partial charge in [-0.1, -0.05) is 0 Å². The summed E-state index contributed by atoms with van der Waals surface area (Å²) in [6.07, 6.45) is -4.56. The Hall–Kier alpha value is -0.330. The molecular weight excluding hydrogens is 209 g/mol. The van der Waals surface area contributed by atoms with E-state index in [2.05, 4.69) is 5.43 Å². The molecule has 3 nitrogen and oxygen atoms in total. The van der Waals surface area contributed by atoms with E-state index in [4.69, 9.17) is 10.6 Å². The number of methoxy groups -OCH3 is 1. The van der Waals surface area contributed by atoms with Crippen LogP contribution in [0.25, 0.3) is 0 Å². The van der Waals surface area contributed by atoms with Crippen molar-refractivity contribution in [3.8, 4) is 0 Å². The third-order valence-corrected chi connectivity index (χ3v) is 2.30. The van der Waals surface area contributed by atoms with E-state index in [0.29, 0.717) is 6.42 Å². The number of hydrogen-bond acceptors (Lipinski definition) is 3. The molecule has 0 heterocycles. The van der Waals surface area contributed by atoms with Crippen LogP contribution in [0.5, 0.6) is 0 Å². The molecule has 0 aromatic heterocycles. The molecule has 15 heavy (non-hydrogen) atoms. The van der Waals surface area contributed by atoms with Gasteiger partial charge in [-0.3, -0.25) is 11.3 Å². The van der Waals surface area contributed by atoms with E-state index in [1.54, 1.807) is 0 Å². The fraction of sp³-hybridized carbons (Fsp3) is 1.00. The van der Waals surface area contributed by atoms with Crippen LogP contribution in [-0.2, 0) is 4.74 Å². The highest BCUT2D eigenvalue weighted by Crippen LogP contribution is 2.25. The predicted molar refractivity (Wildman–Crippen MR) is 52.1 cm³/mol. The summed E-state index contributed by atoms with van der Waals surface area (Å²) < 4.78 is 41.0. The lowest BCUT2D eigenvalue weighted by atomic mass is 9.96. The highest BCUT2D eigenvalue weighted by molar-refractivity contribution is 4.77. The van der Waals surface area contributed by atoms with Crippen LogP contribution < -0.4 is 11.3 Å². The van der Waals surface area contributed by atoms with Crippen LogP contribution in [0, 0.1) is 0 Å². The van der Waals surface area contributed by atoms with E-state index in [0.717, 1.165) is 0 Å². The molecule has 3 N–H and O–H groups in total. The number of hydrogen-bond donors (Lipinski definition) is 2. The quantitative estimate of drug-likeness (QED) is 0.539. The maximum Gasteiger partial charge on any atom is 0.389 e. The molecule has 0 aliphatic carbocycles. The lowest BCUT2D eigenvalue weighted by Crippen LogP contribution is -2.41. The standard InChI is InChI=1S/C9H19F3N2O/c1-8(2,15-3)6-7(14-13)4-5-9(10,11)12/h7,14H,4-6,13H2,1-3H3. The van der Waals surface area contributed by atoms with E-state index >= 15 is 0 Å². The molecule has 0 aliphatic heterocycles. The van der Waals surface area contributed by atoms with Crippen molar-refractivity contribution >= 4 is 0 Å². The molecule has 0 rings (SSSR count). The number of alkyl halides is 3. The molecule has 0 spiro atoms. The van der Waals surface area contributed by atoms with Crippen LogP contribution in [0.3, 0.4) is 0 Å².